The summed E-state index contributed by atoms with van der Waals surface area (Å²) < 4.78 is 0. The molecular weight excluding hydrogens is 254 g/mol. The fourth-order valence-electron chi connectivity index (χ4n) is 2.91. The molecular formula is C16H21NO3. The number of aliphatic carboxylic acids is 1. The van der Waals surface area contributed by atoms with E-state index in [0.29, 0.717) is 5.56 Å². The molecule has 0 aliphatic heterocycles. The second kappa shape index (κ2) is 6.07. The number of hydrogen-bond acceptors (Lipinski definition) is 2. The Morgan fingerprint density at radius 1 is 1.15 bits per heavy atom. The predicted octanol–water partition coefficient (Wildman–Crippen LogP) is 2.84. The van der Waals surface area contributed by atoms with Crippen LogP contribution < -0.4 is 5.32 Å². The van der Waals surface area contributed by atoms with Crippen LogP contribution in [0.15, 0.2) is 30.3 Å². The Hall–Kier alpha value is -1.84. The molecule has 1 unspecified atom stereocenters. The first-order valence-electron chi connectivity index (χ1n) is 7.15. The number of benzene rings is 1. The molecule has 1 aromatic rings. The summed E-state index contributed by atoms with van der Waals surface area (Å²) in [6.07, 6.45) is 4.94. The Bertz CT molecular complexity index is 480. The number of carbonyl (C=O) groups excluding carboxylic acids is 1. The van der Waals surface area contributed by atoms with Gasteiger partial charge in [-0.15, -0.1) is 0 Å². The van der Waals surface area contributed by atoms with Crippen molar-refractivity contribution in [3.63, 3.8) is 0 Å². The molecule has 0 spiro atoms. The summed E-state index contributed by atoms with van der Waals surface area (Å²) in [5, 5.41) is 12.3. The van der Waals surface area contributed by atoms with E-state index in [9.17, 15) is 14.7 Å². The van der Waals surface area contributed by atoms with Crippen molar-refractivity contribution >= 4 is 11.9 Å². The van der Waals surface area contributed by atoms with E-state index in [2.05, 4.69) is 5.32 Å². The minimum Gasteiger partial charge on any atom is -0.480 e. The maximum atomic E-state index is 12.2. The van der Waals surface area contributed by atoms with Crippen LogP contribution in [0.2, 0.25) is 0 Å². The van der Waals surface area contributed by atoms with Gasteiger partial charge in [0.05, 0.1) is 0 Å². The van der Waals surface area contributed by atoms with Crippen molar-refractivity contribution in [3.8, 4) is 0 Å². The molecule has 1 aliphatic rings. The molecule has 1 amide bonds. The number of carbonyl (C=O) groups is 2. The van der Waals surface area contributed by atoms with Gasteiger partial charge in [-0.3, -0.25) is 4.79 Å². The van der Waals surface area contributed by atoms with Gasteiger partial charge >= 0.3 is 5.97 Å². The van der Waals surface area contributed by atoms with E-state index >= 15 is 0 Å². The Morgan fingerprint density at radius 3 is 2.30 bits per heavy atom. The molecule has 0 aromatic heterocycles. The maximum Gasteiger partial charge on any atom is 0.329 e. The van der Waals surface area contributed by atoms with Crippen LogP contribution in [0.3, 0.4) is 0 Å². The largest absolute Gasteiger partial charge is 0.480 e. The van der Waals surface area contributed by atoms with E-state index in [4.69, 9.17) is 0 Å². The van der Waals surface area contributed by atoms with E-state index in [-0.39, 0.29) is 11.8 Å². The first kappa shape index (κ1) is 14.6. The molecule has 1 fully saturated rings. The van der Waals surface area contributed by atoms with Crippen molar-refractivity contribution in [2.24, 2.45) is 5.92 Å². The Morgan fingerprint density at radius 2 is 1.75 bits per heavy atom. The monoisotopic (exact) mass is 275 g/mol. The average Bonchev–Trinajstić information content (AvgIpc) is 2.48. The van der Waals surface area contributed by atoms with Gasteiger partial charge in [0, 0.05) is 5.56 Å². The van der Waals surface area contributed by atoms with Crippen molar-refractivity contribution in [1.82, 2.24) is 5.32 Å². The van der Waals surface area contributed by atoms with Crippen molar-refractivity contribution in [3.05, 3.63) is 35.9 Å². The van der Waals surface area contributed by atoms with Gasteiger partial charge < -0.3 is 10.4 Å². The van der Waals surface area contributed by atoms with E-state index < -0.39 is 11.5 Å². The third-order valence-corrected chi connectivity index (χ3v) is 4.28. The molecule has 0 saturated heterocycles. The highest BCUT2D eigenvalue weighted by Gasteiger charge is 2.43. The zero-order chi connectivity index (χ0) is 14.6. The van der Waals surface area contributed by atoms with Crippen LogP contribution in [0.1, 0.15) is 49.4 Å². The van der Waals surface area contributed by atoms with Gasteiger partial charge in [0.25, 0.3) is 5.91 Å². The molecule has 1 atom stereocenters. The fraction of sp³-hybridized carbons (Fsp3) is 0.500. The predicted molar refractivity (Wildman–Crippen MR) is 76.5 cm³/mol. The highest BCUT2D eigenvalue weighted by molar-refractivity contribution is 5.97. The average molecular weight is 275 g/mol. The lowest BCUT2D eigenvalue weighted by Crippen LogP contribution is -2.57. The molecule has 2 N–H and O–H groups in total. The van der Waals surface area contributed by atoms with Crippen molar-refractivity contribution in [2.45, 2.75) is 44.6 Å². The van der Waals surface area contributed by atoms with Crippen LogP contribution in [0.5, 0.6) is 0 Å². The van der Waals surface area contributed by atoms with Crippen molar-refractivity contribution in [2.75, 3.05) is 0 Å². The Labute approximate surface area is 119 Å². The first-order chi connectivity index (χ1) is 9.54. The van der Waals surface area contributed by atoms with E-state index in [1.54, 1.807) is 31.2 Å². The molecule has 0 radical (unpaired) electrons. The van der Waals surface area contributed by atoms with Crippen molar-refractivity contribution in [1.29, 1.82) is 0 Å². The summed E-state index contributed by atoms with van der Waals surface area (Å²) in [5.41, 5.74) is -0.691. The highest BCUT2D eigenvalue weighted by Crippen LogP contribution is 2.33. The van der Waals surface area contributed by atoms with E-state index in [1.165, 1.54) is 0 Å². The first-order valence-corrected chi connectivity index (χ1v) is 7.15. The van der Waals surface area contributed by atoms with Gasteiger partial charge in [-0.1, -0.05) is 37.5 Å². The van der Waals surface area contributed by atoms with Gasteiger partial charge in [-0.2, -0.15) is 0 Å². The van der Waals surface area contributed by atoms with Crippen LogP contribution in [0, 0.1) is 5.92 Å². The third-order valence-electron chi connectivity index (χ3n) is 4.28. The normalized spacial score (nSPS) is 19.1. The minimum atomic E-state index is -1.19. The molecule has 108 valence electrons. The molecule has 4 nitrogen and oxygen atoms in total. The maximum absolute atomic E-state index is 12.2. The zero-order valence-electron chi connectivity index (χ0n) is 11.8. The van der Waals surface area contributed by atoms with Crippen molar-refractivity contribution < 1.29 is 14.7 Å². The summed E-state index contributed by atoms with van der Waals surface area (Å²) in [6, 6.07) is 8.76. The smallest absolute Gasteiger partial charge is 0.329 e. The van der Waals surface area contributed by atoms with Gasteiger partial charge in [0.2, 0.25) is 0 Å². The second-order valence-corrected chi connectivity index (χ2v) is 5.66. The minimum absolute atomic E-state index is 0.00131. The molecule has 1 aliphatic carbocycles. The summed E-state index contributed by atoms with van der Waals surface area (Å²) in [4.78, 5) is 23.9. The number of rotatable bonds is 4. The summed E-state index contributed by atoms with van der Waals surface area (Å²) in [6.45, 7) is 1.63. The lowest BCUT2D eigenvalue weighted by atomic mass is 9.75. The quantitative estimate of drug-likeness (QED) is 0.888. The zero-order valence-corrected chi connectivity index (χ0v) is 11.8. The van der Waals surface area contributed by atoms with E-state index in [1.807, 2.05) is 6.07 Å². The number of nitrogens with one attached hydrogen (secondary N) is 1. The lowest BCUT2D eigenvalue weighted by Gasteiger charge is -2.37. The molecule has 1 saturated carbocycles. The highest BCUT2D eigenvalue weighted by atomic mass is 16.4. The third kappa shape index (κ3) is 3.00. The Kier molecular flexibility index (Phi) is 4.42. The van der Waals surface area contributed by atoms with Crippen LogP contribution in [-0.4, -0.2) is 22.5 Å². The van der Waals surface area contributed by atoms with Gasteiger partial charge in [-0.25, -0.2) is 4.79 Å². The van der Waals surface area contributed by atoms with Gasteiger partial charge in [0.1, 0.15) is 5.54 Å². The number of amides is 1. The topological polar surface area (TPSA) is 66.4 Å². The lowest BCUT2D eigenvalue weighted by molar-refractivity contribution is -0.146. The van der Waals surface area contributed by atoms with Crippen LogP contribution in [0.4, 0.5) is 0 Å². The second-order valence-electron chi connectivity index (χ2n) is 5.66. The van der Waals surface area contributed by atoms with Gasteiger partial charge in [-0.05, 0) is 37.8 Å². The standard InChI is InChI=1S/C16H21NO3/c1-16(15(19)20,13-10-6-3-7-11-13)17-14(18)12-8-4-2-5-9-12/h2,4-5,8-9,13H,3,6-7,10-11H2,1H3,(H,17,18)(H,19,20). The fourth-order valence-corrected chi connectivity index (χ4v) is 2.91. The molecule has 4 heteroatoms. The van der Waals surface area contributed by atoms with Crippen LogP contribution >= 0.6 is 0 Å². The molecule has 1 aromatic carbocycles. The molecule has 0 heterocycles. The molecule has 20 heavy (non-hydrogen) atoms. The van der Waals surface area contributed by atoms with Crippen LogP contribution in [0.25, 0.3) is 0 Å². The number of carboxylic acids is 1. The summed E-state index contributed by atoms with van der Waals surface area (Å²) >= 11 is 0. The van der Waals surface area contributed by atoms with Gasteiger partial charge in [0.15, 0.2) is 0 Å². The summed E-state index contributed by atoms with van der Waals surface area (Å²) in [5.74, 6) is -1.27. The van der Waals surface area contributed by atoms with Crippen LogP contribution in [-0.2, 0) is 4.79 Å². The number of carboxylic acid groups (broad SMARTS) is 1. The Balaban J connectivity index is 2.16. The molecule has 2 rings (SSSR count). The number of hydrogen-bond donors (Lipinski definition) is 2. The molecule has 0 bridgehead atoms. The van der Waals surface area contributed by atoms with E-state index in [0.717, 1.165) is 32.1 Å². The summed E-state index contributed by atoms with van der Waals surface area (Å²) in [7, 11) is 0. The SMILES string of the molecule is CC(NC(=O)c1ccccc1)(C(=O)O)C1CCCCC1.